The van der Waals surface area contributed by atoms with Gasteiger partial charge in [-0.1, -0.05) is 26.0 Å². The minimum atomic E-state index is -0.418. The number of carbonyl (C=O) groups is 1. The molecule has 130 valence electrons. The van der Waals surface area contributed by atoms with Crippen LogP contribution >= 0.6 is 0 Å². The van der Waals surface area contributed by atoms with Crippen molar-refractivity contribution in [3.8, 4) is 5.69 Å². The van der Waals surface area contributed by atoms with Gasteiger partial charge in [0.2, 0.25) is 0 Å². The monoisotopic (exact) mass is 331 g/mol. The van der Waals surface area contributed by atoms with Crippen molar-refractivity contribution < 1.29 is 9.90 Å². The number of anilines is 1. The number of urea groups is 1. The van der Waals surface area contributed by atoms with Gasteiger partial charge in [-0.15, -0.1) is 0 Å². The van der Waals surface area contributed by atoms with Crippen LogP contribution in [0.2, 0.25) is 0 Å². The average Bonchev–Trinajstić information content (AvgIpc) is 2.86. The number of aliphatic hydroxyl groups excluding tert-OH is 1. The number of benzene rings is 1. The summed E-state index contributed by atoms with van der Waals surface area (Å²) in [6.07, 6.45) is 0.104. The lowest BCUT2D eigenvalue weighted by molar-refractivity contribution is 0.117. The average molecular weight is 331 g/mol. The number of hydrogen-bond acceptors (Lipinski definition) is 4. The molecule has 1 heterocycles. The van der Waals surface area contributed by atoms with Crippen LogP contribution in [0.15, 0.2) is 24.3 Å². The van der Waals surface area contributed by atoms with Gasteiger partial charge in [-0.2, -0.15) is 5.10 Å². The molecule has 2 rings (SSSR count). The summed E-state index contributed by atoms with van der Waals surface area (Å²) in [5, 5.41) is 19.7. The molecule has 1 unspecified atom stereocenters. The fourth-order valence-electron chi connectivity index (χ4n) is 2.35. The van der Waals surface area contributed by atoms with E-state index in [0.29, 0.717) is 24.5 Å². The molecule has 2 aromatic rings. The third-order valence-electron chi connectivity index (χ3n) is 3.75. The van der Waals surface area contributed by atoms with Crippen LogP contribution in [0.3, 0.4) is 0 Å². The number of aryl methyl sites for hydroxylation is 2. The van der Waals surface area contributed by atoms with E-state index in [2.05, 4.69) is 20.7 Å². The van der Waals surface area contributed by atoms with Gasteiger partial charge in [-0.05, 0) is 38.3 Å². The highest BCUT2D eigenvalue weighted by atomic mass is 16.3. The predicted molar refractivity (Wildman–Crippen MR) is 93.3 cm³/mol. The van der Waals surface area contributed by atoms with Crippen molar-refractivity contribution in [2.75, 3.05) is 11.9 Å². The van der Waals surface area contributed by atoms with Crippen molar-refractivity contribution in [1.29, 1.82) is 0 Å². The number of nitrogens with one attached hydrogen (secondary N) is 2. The van der Waals surface area contributed by atoms with E-state index in [0.717, 1.165) is 11.5 Å². The first kappa shape index (κ1) is 17.9. The number of para-hydroxylation sites is 2. The molecule has 0 fully saturated rings. The van der Waals surface area contributed by atoms with Gasteiger partial charge in [-0.25, -0.2) is 14.5 Å². The smallest absolute Gasteiger partial charge is 0.319 e. The van der Waals surface area contributed by atoms with Crippen LogP contribution in [0, 0.1) is 19.8 Å². The number of nitrogens with zero attached hydrogens (tertiary/aromatic N) is 3. The molecule has 7 nitrogen and oxygen atoms in total. The van der Waals surface area contributed by atoms with Crippen molar-refractivity contribution in [3.63, 3.8) is 0 Å². The summed E-state index contributed by atoms with van der Waals surface area (Å²) in [4.78, 5) is 16.4. The van der Waals surface area contributed by atoms with Crippen LogP contribution in [0.4, 0.5) is 10.5 Å². The summed E-state index contributed by atoms with van der Waals surface area (Å²) in [6, 6.07) is 7.11. The van der Waals surface area contributed by atoms with Crippen LogP contribution < -0.4 is 10.6 Å². The highest BCUT2D eigenvalue weighted by Crippen LogP contribution is 2.20. The number of carbonyl (C=O) groups excluding carboxylic acids is 1. The second kappa shape index (κ2) is 7.92. The second-order valence-corrected chi connectivity index (χ2v) is 6.12. The zero-order valence-corrected chi connectivity index (χ0v) is 14.6. The quantitative estimate of drug-likeness (QED) is 0.758. The highest BCUT2D eigenvalue weighted by Gasteiger charge is 2.13. The van der Waals surface area contributed by atoms with E-state index >= 15 is 0 Å². The van der Waals surface area contributed by atoms with Crippen LogP contribution in [-0.2, 0) is 0 Å². The molecule has 0 aliphatic heterocycles. The Morgan fingerprint density at radius 3 is 2.62 bits per heavy atom. The summed E-state index contributed by atoms with van der Waals surface area (Å²) in [7, 11) is 0. The number of aromatic nitrogens is 3. The zero-order valence-electron chi connectivity index (χ0n) is 14.6. The lowest BCUT2D eigenvalue weighted by Crippen LogP contribution is -2.32. The van der Waals surface area contributed by atoms with E-state index in [9.17, 15) is 9.90 Å². The second-order valence-electron chi connectivity index (χ2n) is 6.12. The third-order valence-corrected chi connectivity index (χ3v) is 3.75. The largest absolute Gasteiger partial charge is 0.393 e. The Balaban J connectivity index is 2.03. The minimum Gasteiger partial charge on any atom is -0.393 e. The molecule has 3 N–H and O–H groups in total. The maximum Gasteiger partial charge on any atom is 0.319 e. The molecule has 24 heavy (non-hydrogen) atoms. The van der Waals surface area contributed by atoms with Crippen LogP contribution in [0.25, 0.3) is 5.69 Å². The molecule has 0 saturated heterocycles. The molecule has 1 atom stereocenters. The summed E-state index contributed by atoms with van der Waals surface area (Å²) in [5.74, 6) is 1.60. The maximum absolute atomic E-state index is 12.1. The number of rotatable bonds is 6. The molecule has 1 aromatic heterocycles. The summed E-state index contributed by atoms with van der Waals surface area (Å²) >= 11 is 0. The highest BCUT2D eigenvalue weighted by molar-refractivity contribution is 5.91. The Hall–Kier alpha value is -2.41. The lowest BCUT2D eigenvalue weighted by Gasteiger charge is -2.15. The first-order valence-corrected chi connectivity index (χ1v) is 8.11. The van der Waals surface area contributed by atoms with E-state index in [1.807, 2.05) is 52.0 Å². The summed E-state index contributed by atoms with van der Waals surface area (Å²) < 4.78 is 1.70. The number of aliphatic hydroxyl groups is 1. The van der Waals surface area contributed by atoms with E-state index in [1.54, 1.807) is 4.68 Å². The van der Waals surface area contributed by atoms with E-state index in [4.69, 9.17) is 0 Å². The molecule has 1 aromatic carbocycles. The predicted octanol–water partition coefficient (Wildman–Crippen LogP) is 2.41. The van der Waals surface area contributed by atoms with Crippen molar-refractivity contribution >= 4 is 11.7 Å². The van der Waals surface area contributed by atoms with Gasteiger partial charge in [-0.3, -0.25) is 0 Å². The summed E-state index contributed by atoms with van der Waals surface area (Å²) in [5.41, 5.74) is 1.40. The number of hydrogen-bond donors (Lipinski definition) is 3. The Labute approximate surface area is 142 Å². The van der Waals surface area contributed by atoms with Gasteiger partial charge in [0.1, 0.15) is 11.6 Å². The molecule has 0 aliphatic carbocycles. The van der Waals surface area contributed by atoms with Gasteiger partial charge < -0.3 is 15.7 Å². The Morgan fingerprint density at radius 1 is 1.29 bits per heavy atom. The van der Waals surface area contributed by atoms with Crippen LogP contribution in [0.5, 0.6) is 0 Å². The zero-order chi connectivity index (χ0) is 17.7. The lowest BCUT2D eigenvalue weighted by atomic mass is 10.0. The SMILES string of the molecule is Cc1nc(C)n(-c2ccccc2NC(=O)NCCC(O)C(C)C)n1. The molecule has 7 heteroatoms. The van der Waals surface area contributed by atoms with Gasteiger partial charge in [0.15, 0.2) is 0 Å². The summed E-state index contributed by atoms with van der Waals surface area (Å²) in [6.45, 7) is 8.00. The van der Waals surface area contributed by atoms with Crippen LogP contribution in [0.1, 0.15) is 31.9 Å². The molecule has 0 spiro atoms. The van der Waals surface area contributed by atoms with Gasteiger partial charge in [0.25, 0.3) is 0 Å². The number of amides is 2. The van der Waals surface area contributed by atoms with Crippen molar-refractivity contribution in [2.45, 2.75) is 40.2 Å². The van der Waals surface area contributed by atoms with Gasteiger partial charge >= 0.3 is 6.03 Å². The molecule has 0 bridgehead atoms. The third kappa shape index (κ3) is 4.55. The Morgan fingerprint density at radius 2 is 2.00 bits per heavy atom. The Bertz CT molecular complexity index is 696. The van der Waals surface area contributed by atoms with E-state index < -0.39 is 6.10 Å². The molecule has 0 radical (unpaired) electrons. The topological polar surface area (TPSA) is 92.1 Å². The Kier molecular flexibility index (Phi) is 5.92. The normalized spacial score (nSPS) is 12.2. The van der Waals surface area contributed by atoms with Crippen molar-refractivity contribution in [3.05, 3.63) is 35.9 Å². The van der Waals surface area contributed by atoms with E-state index in [-0.39, 0.29) is 11.9 Å². The molecular weight excluding hydrogens is 306 g/mol. The van der Waals surface area contributed by atoms with Crippen molar-refractivity contribution in [1.82, 2.24) is 20.1 Å². The fourth-order valence-corrected chi connectivity index (χ4v) is 2.35. The first-order valence-electron chi connectivity index (χ1n) is 8.11. The van der Waals surface area contributed by atoms with Crippen molar-refractivity contribution in [2.24, 2.45) is 5.92 Å². The van der Waals surface area contributed by atoms with Crippen LogP contribution in [-0.4, -0.2) is 38.6 Å². The minimum absolute atomic E-state index is 0.175. The van der Waals surface area contributed by atoms with E-state index in [1.165, 1.54) is 0 Å². The molecule has 0 aliphatic rings. The molecule has 0 saturated carbocycles. The first-order chi connectivity index (χ1) is 11.4. The molecular formula is C17H25N5O2. The molecule has 2 amide bonds. The van der Waals surface area contributed by atoms with Gasteiger partial charge in [0.05, 0.1) is 17.5 Å². The van der Waals surface area contributed by atoms with Gasteiger partial charge in [0, 0.05) is 6.54 Å². The maximum atomic E-state index is 12.1. The fraction of sp³-hybridized carbons (Fsp3) is 0.471. The standard InChI is InChI=1S/C17H25N5O2/c1-11(2)16(23)9-10-18-17(24)20-14-7-5-6-8-15(14)22-13(4)19-12(3)21-22/h5-8,11,16,23H,9-10H2,1-4H3,(H2,18,20,24).